The Morgan fingerprint density at radius 2 is 1.72 bits per heavy atom. The molecule has 1 saturated carbocycles. The Morgan fingerprint density at radius 3 is 2.31 bits per heavy atom. The number of amides is 1. The molecular formula is C23H29FN4O. The van der Waals surface area contributed by atoms with Gasteiger partial charge in [0, 0.05) is 12.2 Å². The Bertz CT molecular complexity index is 965. The molecule has 0 bridgehead atoms. The van der Waals surface area contributed by atoms with Crippen molar-refractivity contribution in [2.75, 3.05) is 5.32 Å². The van der Waals surface area contributed by atoms with Crippen molar-refractivity contribution >= 4 is 23.3 Å². The van der Waals surface area contributed by atoms with Crippen LogP contribution < -0.4 is 5.32 Å². The second-order valence-electron chi connectivity index (χ2n) is 7.84. The number of carbonyl (C=O) groups excluding carboxylic acids is 1. The summed E-state index contributed by atoms with van der Waals surface area (Å²) in [6.07, 6.45) is 12.9. The molecule has 6 heteroatoms. The summed E-state index contributed by atoms with van der Waals surface area (Å²) in [6.45, 7) is 5.94. The first-order chi connectivity index (χ1) is 14.0. The maximum atomic E-state index is 14.4. The largest absolute Gasteiger partial charge is 0.328 e. The van der Waals surface area contributed by atoms with E-state index in [-0.39, 0.29) is 11.9 Å². The molecule has 29 heavy (non-hydrogen) atoms. The van der Waals surface area contributed by atoms with Crippen LogP contribution >= 0.6 is 0 Å². The summed E-state index contributed by atoms with van der Waals surface area (Å²) in [5.74, 6) is 0.0662. The average Bonchev–Trinajstić information content (AvgIpc) is 3.16. The van der Waals surface area contributed by atoms with Gasteiger partial charge < -0.3 is 9.88 Å². The fourth-order valence-electron chi connectivity index (χ4n) is 3.69. The summed E-state index contributed by atoms with van der Waals surface area (Å²) in [5.41, 5.74) is 3.56. The number of pyridine rings is 1. The third kappa shape index (κ3) is 5.00. The van der Waals surface area contributed by atoms with E-state index >= 15 is 0 Å². The molecule has 0 saturated heterocycles. The summed E-state index contributed by atoms with van der Waals surface area (Å²) in [4.78, 5) is 18.9. The number of aromatic nitrogens is 3. The van der Waals surface area contributed by atoms with E-state index in [1.807, 2.05) is 31.4 Å². The fourth-order valence-corrected chi connectivity index (χ4v) is 3.69. The Balaban J connectivity index is 0.000000343. The highest BCUT2D eigenvalue weighted by Gasteiger charge is 2.14. The first-order valence-electron chi connectivity index (χ1n) is 10.3. The number of imidazole rings is 1. The van der Waals surface area contributed by atoms with Crippen LogP contribution in [0.1, 0.15) is 64.0 Å². The van der Waals surface area contributed by atoms with E-state index < -0.39 is 0 Å². The number of hydrogen-bond donors (Lipinski definition) is 1. The molecule has 1 fully saturated rings. The minimum Gasteiger partial charge on any atom is -0.328 e. The smallest absolute Gasteiger partial charge is 0.212 e. The highest BCUT2D eigenvalue weighted by molar-refractivity contribution is 5.84. The molecule has 1 aliphatic rings. The monoisotopic (exact) mass is 396 g/mol. The molecule has 1 amide bonds. The fraction of sp³-hybridized carbons (Fsp3) is 0.435. The van der Waals surface area contributed by atoms with Crippen LogP contribution in [0.5, 0.6) is 0 Å². The van der Waals surface area contributed by atoms with Crippen molar-refractivity contribution in [2.45, 2.75) is 65.3 Å². The summed E-state index contributed by atoms with van der Waals surface area (Å²) < 4.78 is 16.4. The highest BCUT2D eigenvalue weighted by Crippen LogP contribution is 2.30. The van der Waals surface area contributed by atoms with Gasteiger partial charge in [0.1, 0.15) is 11.3 Å². The van der Waals surface area contributed by atoms with Gasteiger partial charge in [0.15, 0.2) is 5.82 Å². The van der Waals surface area contributed by atoms with E-state index in [1.165, 1.54) is 44.6 Å². The average molecular weight is 397 g/mol. The first kappa shape index (κ1) is 21.0. The predicted octanol–water partition coefficient (Wildman–Crippen LogP) is 6.04. The number of anilines is 1. The van der Waals surface area contributed by atoms with Crippen molar-refractivity contribution in [3.63, 3.8) is 0 Å². The number of rotatable bonds is 4. The van der Waals surface area contributed by atoms with Crippen LogP contribution in [0, 0.1) is 12.7 Å². The second-order valence-corrected chi connectivity index (χ2v) is 7.84. The zero-order chi connectivity index (χ0) is 20.8. The van der Waals surface area contributed by atoms with Crippen molar-refractivity contribution in [3.8, 4) is 11.1 Å². The van der Waals surface area contributed by atoms with Crippen LogP contribution in [0.3, 0.4) is 0 Å². The molecule has 0 spiro atoms. The van der Waals surface area contributed by atoms with Gasteiger partial charge in [0.25, 0.3) is 0 Å². The van der Waals surface area contributed by atoms with E-state index in [0.717, 1.165) is 22.2 Å². The van der Waals surface area contributed by atoms with Gasteiger partial charge in [-0.15, -0.1) is 0 Å². The van der Waals surface area contributed by atoms with Crippen LogP contribution in [0.4, 0.5) is 10.2 Å². The Kier molecular flexibility index (Phi) is 6.96. The number of hydrogen-bond acceptors (Lipinski definition) is 3. The molecule has 1 aromatic carbocycles. The Hall–Kier alpha value is -2.76. The maximum absolute atomic E-state index is 14.4. The molecule has 2 heterocycles. The van der Waals surface area contributed by atoms with Crippen molar-refractivity contribution < 1.29 is 9.18 Å². The zero-order valence-electron chi connectivity index (χ0n) is 17.4. The van der Waals surface area contributed by atoms with E-state index in [0.29, 0.717) is 17.7 Å². The molecule has 0 unspecified atom stereocenters. The van der Waals surface area contributed by atoms with Crippen molar-refractivity contribution in [1.82, 2.24) is 14.5 Å². The van der Waals surface area contributed by atoms with Gasteiger partial charge in [0.2, 0.25) is 6.41 Å². The summed E-state index contributed by atoms with van der Waals surface area (Å²) >= 11 is 0. The minimum absolute atomic E-state index is 0.181. The van der Waals surface area contributed by atoms with E-state index in [1.54, 1.807) is 18.6 Å². The molecule has 3 aromatic rings. The minimum atomic E-state index is -0.363. The van der Waals surface area contributed by atoms with Crippen molar-refractivity contribution in [3.05, 3.63) is 42.1 Å². The summed E-state index contributed by atoms with van der Waals surface area (Å²) in [7, 11) is 0. The van der Waals surface area contributed by atoms with Crippen molar-refractivity contribution in [1.29, 1.82) is 0 Å². The zero-order valence-corrected chi connectivity index (χ0v) is 17.4. The van der Waals surface area contributed by atoms with Gasteiger partial charge in [0.05, 0.1) is 11.8 Å². The molecule has 0 aliphatic heterocycles. The van der Waals surface area contributed by atoms with Gasteiger partial charge in [-0.25, -0.2) is 14.4 Å². The molecule has 0 atom stereocenters. The quantitative estimate of drug-likeness (QED) is 0.547. The lowest BCUT2D eigenvalue weighted by molar-refractivity contribution is -0.105. The normalized spacial score (nSPS) is 13.8. The molecule has 4 rings (SSSR count). The summed E-state index contributed by atoms with van der Waals surface area (Å²) in [5, 5.41) is 2.52. The maximum Gasteiger partial charge on any atom is 0.212 e. The molecule has 5 nitrogen and oxygen atoms in total. The number of carbonyl (C=O) groups is 1. The van der Waals surface area contributed by atoms with Gasteiger partial charge in [-0.05, 0) is 55.7 Å². The van der Waals surface area contributed by atoms with Crippen LogP contribution in [0.25, 0.3) is 22.2 Å². The Labute approximate surface area is 171 Å². The molecule has 1 N–H and O–H groups in total. The SMILES string of the molecule is C1CCCCC1.Cc1cnc(NC=O)cc1-c1cc(F)c2ncn(C(C)C)c2c1. The topological polar surface area (TPSA) is 59.8 Å². The van der Waals surface area contributed by atoms with Crippen molar-refractivity contribution in [2.24, 2.45) is 0 Å². The number of fused-ring (bicyclic) bond motifs is 1. The predicted molar refractivity (Wildman–Crippen MR) is 115 cm³/mol. The number of halogens is 1. The van der Waals surface area contributed by atoms with Crippen LogP contribution in [-0.2, 0) is 4.79 Å². The molecule has 154 valence electrons. The second kappa shape index (κ2) is 9.63. The third-order valence-corrected chi connectivity index (χ3v) is 5.31. The number of nitrogens with one attached hydrogen (secondary N) is 1. The molecule has 2 aromatic heterocycles. The van der Waals surface area contributed by atoms with Crippen LogP contribution in [-0.4, -0.2) is 20.9 Å². The lowest BCUT2D eigenvalue weighted by Crippen LogP contribution is -2.00. The van der Waals surface area contributed by atoms with Gasteiger partial charge in [-0.3, -0.25) is 4.79 Å². The standard InChI is InChI=1S/C17H17FN4O.C6H12/c1-10(2)22-8-20-17-14(18)4-12(5-15(17)22)13-6-16(21-9-23)19-7-11(13)3;1-2-4-6-5-3-1/h4-10H,1-3H3,(H,19,21,23);1-6H2. The molecular weight excluding hydrogens is 367 g/mol. The van der Waals surface area contributed by atoms with Crippen LogP contribution in [0.2, 0.25) is 0 Å². The lowest BCUT2D eigenvalue weighted by Gasteiger charge is -2.11. The van der Waals surface area contributed by atoms with Gasteiger partial charge in [-0.2, -0.15) is 0 Å². The van der Waals surface area contributed by atoms with E-state index in [4.69, 9.17) is 0 Å². The number of nitrogens with zero attached hydrogens (tertiary/aromatic N) is 3. The molecule has 1 aliphatic carbocycles. The third-order valence-electron chi connectivity index (χ3n) is 5.31. The lowest BCUT2D eigenvalue weighted by atomic mass is 10.0. The first-order valence-corrected chi connectivity index (χ1v) is 10.3. The number of aryl methyl sites for hydroxylation is 1. The van der Waals surface area contributed by atoms with Gasteiger partial charge >= 0.3 is 0 Å². The summed E-state index contributed by atoms with van der Waals surface area (Å²) in [6, 6.07) is 5.30. The van der Waals surface area contributed by atoms with Gasteiger partial charge in [-0.1, -0.05) is 38.5 Å². The molecule has 0 radical (unpaired) electrons. The van der Waals surface area contributed by atoms with E-state index in [9.17, 15) is 9.18 Å². The van der Waals surface area contributed by atoms with Crippen LogP contribution in [0.15, 0.2) is 30.7 Å². The number of benzene rings is 1. The highest BCUT2D eigenvalue weighted by atomic mass is 19.1. The van der Waals surface area contributed by atoms with E-state index in [2.05, 4.69) is 15.3 Å². The Morgan fingerprint density at radius 1 is 1.07 bits per heavy atom.